The van der Waals surface area contributed by atoms with E-state index in [4.69, 9.17) is 0 Å². The highest BCUT2D eigenvalue weighted by Crippen LogP contribution is 2.19. The Balaban J connectivity index is 1.54. The fourth-order valence-corrected chi connectivity index (χ4v) is 2.93. The van der Waals surface area contributed by atoms with Crippen LogP contribution in [0.1, 0.15) is 12.8 Å². The Hall–Kier alpha value is -1.08. The van der Waals surface area contributed by atoms with Crippen molar-refractivity contribution in [1.29, 1.82) is 0 Å². The van der Waals surface area contributed by atoms with E-state index in [1.165, 1.54) is 0 Å². The summed E-state index contributed by atoms with van der Waals surface area (Å²) >= 11 is 1.77. The Bertz CT molecular complexity index is 350. The zero-order valence-electron chi connectivity index (χ0n) is 10.3. The summed E-state index contributed by atoms with van der Waals surface area (Å²) < 4.78 is 1.71. The Morgan fingerprint density at radius 3 is 3.06 bits per heavy atom. The molecule has 0 atom stereocenters. The topological polar surface area (TPSA) is 71.8 Å². The van der Waals surface area contributed by atoms with E-state index in [1.807, 2.05) is 0 Å². The Morgan fingerprint density at radius 1 is 1.50 bits per heavy atom. The quantitative estimate of drug-likeness (QED) is 0.753. The predicted molar refractivity (Wildman–Crippen MR) is 71.4 cm³/mol. The van der Waals surface area contributed by atoms with Crippen LogP contribution in [-0.2, 0) is 11.3 Å². The summed E-state index contributed by atoms with van der Waals surface area (Å²) in [6.07, 6.45) is 5.75. The average Bonchev–Trinajstić information content (AvgIpc) is 2.91. The van der Waals surface area contributed by atoms with E-state index in [1.54, 1.807) is 28.8 Å². The normalized spacial score (nSPS) is 16.7. The van der Waals surface area contributed by atoms with Crippen molar-refractivity contribution in [2.45, 2.75) is 24.6 Å². The van der Waals surface area contributed by atoms with Gasteiger partial charge in [0.05, 0.1) is 18.5 Å². The molecule has 1 aromatic heterocycles. The predicted octanol–water partition coefficient (Wildman–Crippen LogP) is -0.120. The second kappa shape index (κ2) is 7.38. The third kappa shape index (κ3) is 4.66. The van der Waals surface area contributed by atoms with Crippen LogP contribution in [0.5, 0.6) is 0 Å². The third-order valence-corrected chi connectivity index (χ3v) is 4.24. The summed E-state index contributed by atoms with van der Waals surface area (Å²) in [5.41, 5.74) is 0. The van der Waals surface area contributed by atoms with Crippen molar-refractivity contribution >= 4 is 17.7 Å². The number of piperidine rings is 1. The molecular weight excluding hydrogens is 250 g/mol. The molecule has 100 valence electrons. The van der Waals surface area contributed by atoms with E-state index in [2.05, 4.69) is 20.9 Å². The minimum atomic E-state index is 0.110. The van der Waals surface area contributed by atoms with Crippen LogP contribution in [0, 0.1) is 0 Å². The first kappa shape index (κ1) is 13.4. The van der Waals surface area contributed by atoms with Gasteiger partial charge in [-0.2, -0.15) is 0 Å². The summed E-state index contributed by atoms with van der Waals surface area (Å²) in [7, 11) is 0. The van der Waals surface area contributed by atoms with Crippen LogP contribution in [0.15, 0.2) is 12.4 Å². The first-order valence-corrected chi connectivity index (χ1v) is 7.32. The molecule has 7 heteroatoms. The van der Waals surface area contributed by atoms with Gasteiger partial charge in [-0.25, -0.2) is 0 Å². The molecule has 0 saturated carbocycles. The average molecular weight is 269 g/mol. The fraction of sp³-hybridized carbons (Fsp3) is 0.727. The fourth-order valence-electron chi connectivity index (χ4n) is 1.87. The Labute approximate surface area is 111 Å². The van der Waals surface area contributed by atoms with Crippen LogP contribution in [0.4, 0.5) is 0 Å². The smallest absolute Gasteiger partial charge is 0.230 e. The van der Waals surface area contributed by atoms with E-state index in [-0.39, 0.29) is 5.91 Å². The summed E-state index contributed by atoms with van der Waals surface area (Å²) in [5, 5.41) is 14.4. The lowest BCUT2D eigenvalue weighted by Gasteiger charge is -2.21. The van der Waals surface area contributed by atoms with Crippen molar-refractivity contribution in [3.05, 3.63) is 12.4 Å². The summed E-state index contributed by atoms with van der Waals surface area (Å²) in [6, 6.07) is 0. The second-order valence-electron chi connectivity index (χ2n) is 4.28. The number of nitrogens with zero attached hydrogens (tertiary/aromatic N) is 3. The molecule has 0 aliphatic carbocycles. The number of hydrogen-bond acceptors (Lipinski definition) is 5. The standard InChI is InChI=1S/C11H19N5OS/c17-11(9-18-10-1-3-12-4-2-10)13-5-7-16-8-6-14-15-16/h6,8,10,12H,1-5,7,9H2,(H,13,17). The molecule has 1 aliphatic rings. The van der Waals surface area contributed by atoms with Crippen molar-refractivity contribution in [2.75, 3.05) is 25.4 Å². The number of amides is 1. The lowest BCUT2D eigenvalue weighted by Crippen LogP contribution is -2.32. The molecule has 1 aliphatic heterocycles. The molecule has 2 N–H and O–H groups in total. The molecule has 6 nitrogen and oxygen atoms in total. The number of carbonyl (C=O) groups excluding carboxylic acids is 1. The molecule has 2 heterocycles. The molecular formula is C11H19N5OS. The Morgan fingerprint density at radius 2 is 2.33 bits per heavy atom. The van der Waals surface area contributed by atoms with Gasteiger partial charge in [0.2, 0.25) is 5.91 Å². The highest BCUT2D eigenvalue weighted by molar-refractivity contribution is 8.00. The van der Waals surface area contributed by atoms with Crippen molar-refractivity contribution < 1.29 is 4.79 Å². The van der Waals surface area contributed by atoms with Gasteiger partial charge in [0, 0.05) is 18.0 Å². The van der Waals surface area contributed by atoms with Gasteiger partial charge in [0.15, 0.2) is 0 Å². The molecule has 0 aromatic carbocycles. The van der Waals surface area contributed by atoms with Gasteiger partial charge in [-0.05, 0) is 25.9 Å². The lowest BCUT2D eigenvalue weighted by atomic mass is 10.2. The minimum Gasteiger partial charge on any atom is -0.354 e. The second-order valence-corrected chi connectivity index (χ2v) is 5.57. The highest BCUT2D eigenvalue weighted by atomic mass is 32.2. The molecule has 0 bridgehead atoms. The van der Waals surface area contributed by atoms with E-state index < -0.39 is 0 Å². The molecule has 1 aromatic rings. The first-order valence-electron chi connectivity index (χ1n) is 6.28. The summed E-state index contributed by atoms with van der Waals surface area (Å²) in [6.45, 7) is 3.43. The van der Waals surface area contributed by atoms with E-state index in [0.717, 1.165) is 25.9 Å². The maximum Gasteiger partial charge on any atom is 0.230 e. The van der Waals surface area contributed by atoms with Gasteiger partial charge in [-0.15, -0.1) is 16.9 Å². The van der Waals surface area contributed by atoms with Crippen LogP contribution < -0.4 is 10.6 Å². The third-order valence-electron chi connectivity index (χ3n) is 2.87. The summed E-state index contributed by atoms with van der Waals surface area (Å²) in [5.74, 6) is 0.667. The van der Waals surface area contributed by atoms with E-state index >= 15 is 0 Å². The van der Waals surface area contributed by atoms with Crippen LogP contribution in [0.25, 0.3) is 0 Å². The maximum atomic E-state index is 11.6. The molecule has 2 rings (SSSR count). The largest absolute Gasteiger partial charge is 0.354 e. The van der Waals surface area contributed by atoms with Crippen LogP contribution >= 0.6 is 11.8 Å². The molecule has 1 amide bonds. The number of carbonyl (C=O) groups is 1. The minimum absolute atomic E-state index is 0.110. The Kier molecular flexibility index (Phi) is 5.47. The zero-order valence-corrected chi connectivity index (χ0v) is 11.2. The number of rotatable bonds is 6. The van der Waals surface area contributed by atoms with Crippen molar-refractivity contribution in [1.82, 2.24) is 25.6 Å². The molecule has 0 spiro atoms. The first-order chi connectivity index (χ1) is 8.84. The van der Waals surface area contributed by atoms with Crippen molar-refractivity contribution in [3.8, 4) is 0 Å². The van der Waals surface area contributed by atoms with Crippen molar-refractivity contribution in [3.63, 3.8) is 0 Å². The maximum absolute atomic E-state index is 11.6. The molecule has 1 fully saturated rings. The van der Waals surface area contributed by atoms with Crippen molar-refractivity contribution in [2.24, 2.45) is 0 Å². The van der Waals surface area contributed by atoms with E-state index in [9.17, 15) is 4.79 Å². The van der Waals surface area contributed by atoms with Gasteiger partial charge in [0.1, 0.15) is 0 Å². The summed E-state index contributed by atoms with van der Waals surface area (Å²) in [4.78, 5) is 11.6. The monoisotopic (exact) mass is 269 g/mol. The number of thioether (sulfide) groups is 1. The highest BCUT2D eigenvalue weighted by Gasteiger charge is 2.14. The van der Waals surface area contributed by atoms with Gasteiger partial charge in [0.25, 0.3) is 0 Å². The van der Waals surface area contributed by atoms with Crippen LogP contribution in [0.2, 0.25) is 0 Å². The van der Waals surface area contributed by atoms with Gasteiger partial charge >= 0.3 is 0 Å². The van der Waals surface area contributed by atoms with Gasteiger partial charge in [-0.3, -0.25) is 9.48 Å². The van der Waals surface area contributed by atoms with Crippen LogP contribution in [-0.4, -0.2) is 51.5 Å². The van der Waals surface area contributed by atoms with Crippen LogP contribution in [0.3, 0.4) is 0 Å². The van der Waals surface area contributed by atoms with Gasteiger partial charge < -0.3 is 10.6 Å². The number of nitrogens with one attached hydrogen (secondary N) is 2. The van der Waals surface area contributed by atoms with E-state index in [0.29, 0.717) is 24.1 Å². The number of hydrogen-bond donors (Lipinski definition) is 2. The molecule has 18 heavy (non-hydrogen) atoms. The molecule has 0 radical (unpaired) electrons. The lowest BCUT2D eigenvalue weighted by molar-refractivity contribution is -0.118. The van der Waals surface area contributed by atoms with Gasteiger partial charge in [-0.1, -0.05) is 5.21 Å². The molecule has 0 unspecified atom stereocenters. The number of aromatic nitrogens is 3. The SMILES string of the molecule is O=C(CSC1CCNCC1)NCCn1ccnn1. The zero-order chi connectivity index (χ0) is 12.6. The molecule has 1 saturated heterocycles.